The van der Waals surface area contributed by atoms with Crippen LogP contribution in [0, 0.1) is 24.2 Å². The molecule has 0 spiro atoms. The molecule has 1 aromatic heterocycles. The van der Waals surface area contributed by atoms with Gasteiger partial charge in [0.1, 0.15) is 21.8 Å². The van der Waals surface area contributed by atoms with E-state index in [1.54, 1.807) is 17.6 Å². The van der Waals surface area contributed by atoms with Gasteiger partial charge in [-0.3, -0.25) is 19.1 Å². The number of carbonyl (C=O) groups excluding carboxylic acids is 1. The molecule has 170 valence electrons. The summed E-state index contributed by atoms with van der Waals surface area (Å²) in [5, 5.41) is 9.77. The number of hydrogen-bond acceptors (Lipinski definition) is 6. The molecule has 0 aliphatic carbocycles. The molecule has 2 aliphatic heterocycles. The minimum absolute atomic E-state index is 0.141. The Morgan fingerprint density at radius 3 is 2.75 bits per heavy atom. The lowest BCUT2D eigenvalue weighted by atomic mass is 9.98. The van der Waals surface area contributed by atoms with Gasteiger partial charge in [-0.15, -0.1) is 6.58 Å². The third-order valence-electron chi connectivity index (χ3n) is 6.00. The van der Waals surface area contributed by atoms with Gasteiger partial charge in [-0.25, -0.2) is 0 Å². The average Bonchev–Trinajstić information content (AvgIpc) is 3.02. The summed E-state index contributed by atoms with van der Waals surface area (Å²) >= 11 is 6.65. The highest BCUT2D eigenvalue weighted by molar-refractivity contribution is 8.26. The maximum atomic E-state index is 13.3. The second kappa shape index (κ2) is 10.5. The molecule has 0 aromatic carbocycles. The van der Waals surface area contributed by atoms with E-state index < -0.39 is 0 Å². The molecule has 3 heterocycles. The van der Waals surface area contributed by atoms with E-state index in [0.717, 1.165) is 50.2 Å². The first-order chi connectivity index (χ1) is 15.3. The molecule has 0 bridgehead atoms. The van der Waals surface area contributed by atoms with E-state index in [-0.39, 0.29) is 17.0 Å². The summed E-state index contributed by atoms with van der Waals surface area (Å²) in [6, 6.07) is 2.11. The van der Waals surface area contributed by atoms with Gasteiger partial charge in [0, 0.05) is 31.7 Å². The van der Waals surface area contributed by atoms with Crippen LogP contribution in [-0.4, -0.2) is 39.3 Å². The Balaban J connectivity index is 2.25. The molecule has 32 heavy (non-hydrogen) atoms. The van der Waals surface area contributed by atoms with E-state index in [0.29, 0.717) is 33.8 Å². The largest absolute Gasteiger partial charge is 0.357 e. The van der Waals surface area contributed by atoms with Crippen LogP contribution >= 0.6 is 24.0 Å². The lowest BCUT2D eigenvalue weighted by molar-refractivity contribution is -0.121. The highest BCUT2D eigenvalue weighted by Crippen LogP contribution is 2.36. The van der Waals surface area contributed by atoms with Crippen LogP contribution in [0.1, 0.15) is 56.2 Å². The SMILES string of the molecule is C=CCN1C(=O)C(=Cc2c(C)c(C#N)c(=O)n(CCCC)c2N2CCCC(C)C2)SC1=S. The third-order valence-corrected chi connectivity index (χ3v) is 7.38. The van der Waals surface area contributed by atoms with E-state index in [4.69, 9.17) is 12.2 Å². The number of rotatable bonds is 7. The Hall–Kier alpha value is -2.37. The first-order valence-corrected chi connectivity index (χ1v) is 12.3. The predicted octanol–water partition coefficient (Wildman–Crippen LogP) is 4.45. The van der Waals surface area contributed by atoms with Gasteiger partial charge in [0.2, 0.25) is 0 Å². The number of amides is 1. The van der Waals surface area contributed by atoms with Crippen LogP contribution in [0.3, 0.4) is 0 Å². The lowest BCUT2D eigenvalue weighted by Crippen LogP contribution is -2.40. The third kappa shape index (κ3) is 4.69. The van der Waals surface area contributed by atoms with Gasteiger partial charge in [0.15, 0.2) is 0 Å². The number of unbranched alkanes of at least 4 members (excludes halogenated alkanes) is 1. The van der Waals surface area contributed by atoms with Gasteiger partial charge < -0.3 is 4.90 Å². The smallest absolute Gasteiger partial charge is 0.270 e. The molecule has 2 aliphatic rings. The van der Waals surface area contributed by atoms with Crippen molar-refractivity contribution in [3.8, 4) is 6.07 Å². The molecule has 0 radical (unpaired) electrons. The topological polar surface area (TPSA) is 69.3 Å². The van der Waals surface area contributed by atoms with Crippen molar-refractivity contribution in [3.05, 3.63) is 44.6 Å². The Kier molecular flexibility index (Phi) is 7.96. The van der Waals surface area contributed by atoms with Gasteiger partial charge in [0.05, 0.1) is 4.91 Å². The van der Waals surface area contributed by atoms with Gasteiger partial charge in [-0.1, -0.05) is 50.3 Å². The summed E-state index contributed by atoms with van der Waals surface area (Å²) in [7, 11) is 0. The number of pyridine rings is 1. The number of nitrogens with zero attached hydrogens (tertiary/aromatic N) is 4. The van der Waals surface area contributed by atoms with Crippen molar-refractivity contribution in [2.45, 2.75) is 53.0 Å². The Morgan fingerprint density at radius 2 is 2.12 bits per heavy atom. The van der Waals surface area contributed by atoms with Gasteiger partial charge >= 0.3 is 0 Å². The zero-order valence-electron chi connectivity index (χ0n) is 19.0. The minimum atomic E-state index is -0.247. The van der Waals surface area contributed by atoms with E-state index in [1.807, 2.05) is 6.08 Å². The molecule has 2 fully saturated rings. The first-order valence-electron chi connectivity index (χ1n) is 11.1. The monoisotopic (exact) mass is 470 g/mol. The fourth-order valence-electron chi connectivity index (χ4n) is 4.31. The number of anilines is 1. The molecule has 1 atom stereocenters. The number of piperidine rings is 1. The summed E-state index contributed by atoms with van der Waals surface area (Å²) in [6.07, 6.45) is 7.45. The number of thiocarbonyl (C=S) groups is 1. The molecule has 3 rings (SSSR count). The van der Waals surface area contributed by atoms with Crippen LogP contribution in [0.5, 0.6) is 0 Å². The molecule has 0 saturated carbocycles. The number of aromatic nitrogens is 1. The molecule has 6 nitrogen and oxygen atoms in total. The number of nitriles is 1. The van der Waals surface area contributed by atoms with Crippen molar-refractivity contribution in [1.82, 2.24) is 9.47 Å². The van der Waals surface area contributed by atoms with Gasteiger partial charge in [0.25, 0.3) is 11.5 Å². The Bertz CT molecular complexity index is 1070. The standard InChI is InChI=1S/C24H30N4O2S2/c1-5-7-12-27-21(26-11-8-9-16(3)15-26)18(17(4)19(14-25)22(27)29)13-20-23(30)28(10-6-2)24(31)32-20/h6,13,16H,2,5,7-12,15H2,1,3-4H3. The Labute approximate surface area is 199 Å². The molecular weight excluding hydrogens is 440 g/mol. The van der Waals surface area contributed by atoms with Gasteiger partial charge in [-0.2, -0.15) is 5.26 Å². The molecule has 1 amide bonds. The summed E-state index contributed by atoms with van der Waals surface area (Å²) in [4.78, 5) is 30.6. The highest BCUT2D eigenvalue weighted by Gasteiger charge is 2.33. The zero-order chi connectivity index (χ0) is 23.4. The average molecular weight is 471 g/mol. The van der Waals surface area contributed by atoms with Crippen LogP contribution in [0.4, 0.5) is 5.82 Å². The number of thioether (sulfide) groups is 1. The molecule has 2 saturated heterocycles. The van der Waals surface area contributed by atoms with E-state index in [1.165, 1.54) is 16.7 Å². The second-order valence-electron chi connectivity index (χ2n) is 8.43. The fraction of sp³-hybridized carbons (Fsp3) is 0.500. The van der Waals surface area contributed by atoms with Crippen molar-refractivity contribution in [3.63, 3.8) is 0 Å². The summed E-state index contributed by atoms with van der Waals surface area (Å²) in [6.45, 7) is 12.4. The minimum Gasteiger partial charge on any atom is -0.357 e. The van der Waals surface area contributed by atoms with E-state index in [9.17, 15) is 14.9 Å². The number of carbonyl (C=O) groups is 1. The van der Waals surface area contributed by atoms with Crippen molar-refractivity contribution >= 4 is 46.1 Å². The van der Waals surface area contributed by atoms with E-state index >= 15 is 0 Å². The van der Waals surface area contributed by atoms with Crippen molar-refractivity contribution < 1.29 is 4.79 Å². The Morgan fingerprint density at radius 1 is 1.38 bits per heavy atom. The van der Waals surface area contributed by atoms with Gasteiger partial charge in [-0.05, 0) is 43.7 Å². The lowest BCUT2D eigenvalue weighted by Gasteiger charge is -2.36. The normalized spacial score (nSPS) is 20.2. The summed E-state index contributed by atoms with van der Waals surface area (Å²) in [5.41, 5.74) is 1.28. The maximum Gasteiger partial charge on any atom is 0.270 e. The predicted molar refractivity (Wildman–Crippen MR) is 136 cm³/mol. The molecule has 1 aromatic rings. The van der Waals surface area contributed by atoms with Crippen LogP contribution in [-0.2, 0) is 11.3 Å². The quantitative estimate of drug-likeness (QED) is 0.333. The molecule has 8 heteroatoms. The number of hydrogen-bond donors (Lipinski definition) is 0. The summed E-state index contributed by atoms with van der Waals surface area (Å²) in [5.74, 6) is 1.16. The van der Waals surface area contributed by atoms with Crippen molar-refractivity contribution in [2.24, 2.45) is 5.92 Å². The highest BCUT2D eigenvalue weighted by atomic mass is 32.2. The molecular formula is C24H30N4O2S2. The van der Waals surface area contributed by atoms with Crippen LogP contribution in [0.15, 0.2) is 22.4 Å². The van der Waals surface area contributed by atoms with E-state index in [2.05, 4.69) is 31.4 Å². The van der Waals surface area contributed by atoms with Crippen molar-refractivity contribution in [1.29, 1.82) is 5.26 Å². The molecule has 1 unspecified atom stereocenters. The fourth-order valence-corrected chi connectivity index (χ4v) is 5.56. The van der Waals surface area contributed by atoms with Crippen LogP contribution in [0.2, 0.25) is 0 Å². The first kappa shape index (κ1) is 24.3. The zero-order valence-corrected chi connectivity index (χ0v) is 20.7. The summed E-state index contributed by atoms with van der Waals surface area (Å²) < 4.78 is 2.25. The maximum absolute atomic E-state index is 13.3. The van der Waals surface area contributed by atoms with Crippen molar-refractivity contribution in [2.75, 3.05) is 24.5 Å². The van der Waals surface area contributed by atoms with Crippen LogP contribution in [0.25, 0.3) is 6.08 Å². The van der Waals surface area contributed by atoms with Crippen LogP contribution < -0.4 is 10.5 Å². The second-order valence-corrected chi connectivity index (χ2v) is 10.1. The molecule has 0 N–H and O–H groups in total.